The number of fused-ring (bicyclic) bond motifs is 1. The molecule has 1 N–H and O–H groups in total. The Balaban J connectivity index is 1.61. The van der Waals surface area contributed by atoms with E-state index in [2.05, 4.69) is 16.5 Å². The van der Waals surface area contributed by atoms with Gasteiger partial charge in [-0.2, -0.15) is 0 Å². The molecule has 1 unspecified atom stereocenters. The van der Waals surface area contributed by atoms with Crippen LogP contribution in [0.2, 0.25) is 0 Å². The highest BCUT2D eigenvalue weighted by atomic mass is 32.2. The molecule has 1 aliphatic rings. The van der Waals surface area contributed by atoms with Gasteiger partial charge in [0.2, 0.25) is 10.0 Å². The quantitative estimate of drug-likeness (QED) is 0.678. The standard InChI is InChI=1S/C19H29N3O3S2/c1-3-15-8-5-6-12-21(15)13-7-11-20-27(24,25)16-9-10-17-18(14-16)26-19(23)22(17)4-2/h9-10,14-15,20H,3-8,11-13H2,1-2H3. The van der Waals surface area contributed by atoms with Gasteiger partial charge in [-0.1, -0.05) is 24.7 Å². The first-order chi connectivity index (χ1) is 13.0. The Morgan fingerprint density at radius 2 is 2.07 bits per heavy atom. The van der Waals surface area contributed by atoms with Gasteiger partial charge in [-0.15, -0.1) is 0 Å². The monoisotopic (exact) mass is 411 g/mol. The van der Waals surface area contributed by atoms with Crippen molar-refractivity contribution in [1.29, 1.82) is 0 Å². The third kappa shape index (κ3) is 4.62. The summed E-state index contributed by atoms with van der Waals surface area (Å²) in [4.78, 5) is 14.6. The van der Waals surface area contributed by atoms with Crippen LogP contribution in [0.3, 0.4) is 0 Å². The summed E-state index contributed by atoms with van der Waals surface area (Å²) in [7, 11) is -3.56. The molecule has 0 aliphatic carbocycles. The zero-order valence-corrected chi connectivity index (χ0v) is 17.7. The van der Waals surface area contributed by atoms with Gasteiger partial charge < -0.3 is 4.90 Å². The topological polar surface area (TPSA) is 71.4 Å². The number of aryl methyl sites for hydroxylation is 1. The zero-order chi connectivity index (χ0) is 19.4. The van der Waals surface area contributed by atoms with Crippen LogP contribution in [0.15, 0.2) is 27.9 Å². The fourth-order valence-electron chi connectivity index (χ4n) is 3.90. The Morgan fingerprint density at radius 1 is 1.26 bits per heavy atom. The molecule has 3 rings (SSSR count). The Labute approximate surface area is 165 Å². The van der Waals surface area contributed by atoms with E-state index in [1.54, 1.807) is 22.8 Å². The summed E-state index contributed by atoms with van der Waals surface area (Å²) in [5.74, 6) is 0. The summed E-state index contributed by atoms with van der Waals surface area (Å²) in [5, 5.41) is 0. The van der Waals surface area contributed by atoms with Gasteiger partial charge in [0.1, 0.15) is 0 Å². The van der Waals surface area contributed by atoms with Crippen LogP contribution >= 0.6 is 11.3 Å². The van der Waals surface area contributed by atoms with Gasteiger partial charge in [-0.05, 0) is 63.9 Å². The average Bonchev–Trinajstić information content (AvgIpc) is 2.99. The molecule has 1 atom stereocenters. The molecule has 0 spiro atoms. The van der Waals surface area contributed by atoms with Crippen LogP contribution in [0.4, 0.5) is 0 Å². The molecule has 2 heterocycles. The molecule has 1 saturated heterocycles. The van der Waals surface area contributed by atoms with Gasteiger partial charge in [-0.3, -0.25) is 9.36 Å². The first kappa shape index (κ1) is 20.5. The summed E-state index contributed by atoms with van der Waals surface area (Å²) in [6.07, 6.45) is 5.75. The number of hydrogen-bond donors (Lipinski definition) is 1. The van der Waals surface area contributed by atoms with E-state index >= 15 is 0 Å². The first-order valence-electron chi connectivity index (χ1n) is 9.83. The number of hydrogen-bond acceptors (Lipinski definition) is 5. The zero-order valence-electron chi connectivity index (χ0n) is 16.1. The minimum Gasteiger partial charge on any atom is -0.300 e. The fourth-order valence-corrected chi connectivity index (χ4v) is 6.07. The van der Waals surface area contributed by atoms with Crippen LogP contribution in [-0.2, 0) is 16.6 Å². The van der Waals surface area contributed by atoms with E-state index in [0.717, 1.165) is 42.8 Å². The summed E-state index contributed by atoms with van der Waals surface area (Å²) in [6, 6.07) is 5.56. The third-order valence-corrected chi connectivity index (χ3v) is 7.80. The second-order valence-corrected chi connectivity index (χ2v) is 9.85. The van der Waals surface area contributed by atoms with Crippen LogP contribution in [0.1, 0.15) is 46.0 Å². The van der Waals surface area contributed by atoms with Crippen molar-refractivity contribution >= 4 is 31.6 Å². The lowest BCUT2D eigenvalue weighted by Gasteiger charge is -2.35. The second-order valence-electron chi connectivity index (χ2n) is 7.09. The molecule has 1 aromatic carbocycles. The Bertz CT molecular complexity index is 933. The normalized spacial score (nSPS) is 19.0. The average molecular weight is 412 g/mol. The highest BCUT2D eigenvalue weighted by Gasteiger charge is 2.21. The number of sulfonamides is 1. The minimum atomic E-state index is -3.56. The molecular weight excluding hydrogens is 382 g/mol. The molecule has 1 aliphatic heterocycles. The number of nitrogens with one attached hydrogen (secondary N) is 1. The first-order valence-corrected chi connectivity index (χ1v) is 12.1. The third-order valence-electron chi connectivity index (χ3n) is 5.40. The summed E-state index contributed by atoms with van der Waals surface area (Å²) < 4.78 is 30.3. The number of piperidine rings is 1. The molecular formula is C19H29N3O3S2. The van der Waals surface area contributed by atoms with Crippen LogP contribution in [-0.4, -0.2) is 43.6 Å². The SMILES string of the molecule is CCC1CCCCN1CCCNS(=O)(=O)c1ccc2c(c1)sc(=O)n2CC. The van der Waals surface area contributed by atoms with Crippen LogP contribution in [0, 0.1) is 0 Å². The van der Waals surface area contributed by atoms with E-state index in [1.165, 1.54) is 19.3 Å². The molecule has 0 bridgehead atoms. The molecule has 6 nitrogen and oxygen atoms in total. The van der Waals surface area contributed by atoms with Crippen molar-refractivity contribution in [2.75, 3.05) is 19.6 Å². The van der Waals surface area contributed by atoms with Crippen LogP contribution < -0.4 is 9.60 Å². The molecule has 2 aromatic rings. The predicted octanol–water partition coefficient (Wildman–Crippen LogP) is 3.02. The fraction of sp³-hybridized carbons (Fsp3) is 0.632. The number of benzene rings is 1. The molecule has 1 fully saturated rings. The van der Waals surface area contributed by atoms with Crippen molar-refractivity contribution in [1.82, 2.24) is 14.2 Å². The van der Waals surface area contributed by atoms with Gasteiger partial charge >= 0.3 is 4.87 Å². The van der Waals surface area contributed by atoms with E-state index in [4.69, 9.17) is 0 Å². The summed E-state index contributed by atoms with van der Waals surface area (Å²) in [6.45, 7) is 7.20. The summed E-state index contributed by atoms with van der Waals surface area (Å²) >= 11 is 1.09. The van der Waals surface area contributed by atoms with Crippen molar-refractivity contribution in [2.45, 2.75) is 63.4 Å². The van der Waals surface area contributed by atoms with Crippen LogP contribution in [0.5, 0.6) is 0 Å². The van der Waals surface area contributed by atoms with Gasteiger partial charge in [-0.25, -0.2) is 13.1 Å². The van der Waals surface area contributed by atoms with Gasteiger partial charge in [0.15, 0.2) is 0 Å². The Kier molecular flexibility index (Phi) is 6.73. The number of nitrogens with zero attached hydrogens (tertiary/aromatic N) is 2. The van der Waals surface area contributed by atoms with Crippen molar-refractivity contribution in [3.63, 3.8) is 0 Å². The van der Waals surface area contributed by atoms with E-state index in [9.17, 15) is 13.2 Å². The maximum absolute atomic E-state index is 12.6. The molecule has 0 amide bonds. The van der Waals surface area contributed by atoms with Crippen molar-refractivity contribution in [3.8, 4) is 0 Å². The van der Waals surface area contributed by atoms with Crippen molar-refractivity contribution in [2.24, 2.45) is 0 Å². The number of rotatable bonds is 8. The predicted molar refractivity (Wildman–Crippen MR) is 111 cm³/mol. The van der Waals surface area contributed by atoms with Gasteiger partial charge in [0, 0.05) is 19.1 Å². The highest BCUT2D eigenvalue weighted by Crippen LogP contribution is 2.22. The van der Waals surface area contributed by atoms with E-state index in [1.807, 2.05) is 6.92 Å². The Morgan fingerprint density at radius 3 is 2.81 bits per heavy atom. The van der Waals surface area contributed by atoms with E-state index in [-0.39, 0.29) is 9.77 Å². The van der Waals surface area contributed by atoms with E-state index < -0.39 is 10.0 Å². The maximum atomic E-state index is 12.6. The second kappa shape index (κ2) is 8.86. The highest BCUT2D eigenvalue weighted by molar-refractivity contribution is 7.89. The molecule has 1 aromatic heterocycles. The van der Waals surface area contributed by atoms with Crippen molar-refractivity contribution in [3.05, 3.63) is 27.9 Å². The van der Waals surface area contributed by atoms with Gasteiger partial charge in [0.05, 0.1) is 15.1 Å². The minimum absolute atomic E-state index is 0.0537. The molecule has 0 saturated carbocycles. The molecule has 8 heteroatoms. The lowest BCUT2D eigenvalue weighted by molar-refractivity contribution is 0.143. The van der Waals surface area contributed by atoms with Gasteiger partial charge in [0.25, 0.3) is 0 Å². The lowest BCUT2D eigenvalue weighted by atomic mass is 10.00. The number of thiazole rings is 1. The van der Waals surface area contributed by atoms with E-state index in [0.29, 0.717) is 23.8 Å². The largest absolute Gasteiger partial charge is 0.308 e. The van der Waals surface area contributed by atoms with Crippen molar-refractivity contribution < 1.29 is 8.42 Å². The summed E-state index contributed by atoms with van der Waals surface area (Å²) in [5.41, 5.74) is 0.794. The molecule has 150 valence electrons. The number of likely N-dealkylation sites (tertiary alicyclic amines) is 1. The molecule has 0 radical (unpaired) electrons. The lowest BCUT2D eigenvalue weighted by Crippen LogP contribution is -2.40. The Hall–Kier alpha value is -1.22. The number of aromatic nitrogens is 1. The maximum Gasteiger partial charge on any atom is 0.308 e. The molecule has 27 heavy (non-hydrogen) atoms. The smallest absolute Gasteiger partial charge is 0.300 e. The van der Waals surface area contributed by atoms with Crippen LogP contribution in [0.25, 0.3) is 10.2 Å².